The van der Waals surface area contributed by atoms with E-state index in [4.69, 9.17) is 16.3 Å². The number of aromatic carboxylic acids is 2. The molecule has 0 bridgehead atoms. The third-order valence-electron chi connectivity index (χ3n) is 10.2. The molecule has 0 atom stereocenters. The van der Waals surface area contributed by atoms with E-state index in [0.29, 0.717) is 6.07 Å². The van der Waals surface area contributed by atoms with Crippen molar-refractivity contribution in [3.8, 4) is 22.9 Å². The molecule has 8 rings (SSSR count). The lowest BCUT2D eigenvalue weighted by Gasteiger charge is -2.26. The van der Waals surface area contributed by atoms with E-state index in [-0.39, 0.29) is 44.4 Å². The SMILES string of the molecule is Cn1c(=O)c(C(=O)c2cccc(S(=O)(=O)O)c2)c2c3c(c(Nc4cc(Nc5nc(Cl)nc(Oc6cc(C(=O)O)cc(C(=O)O)c6)n5)c(S(=O)(=O)O)cc4S(=O)(=O)O)ccc31)C(=O)c1ccccc1-2. The molecule has 1 aliphatic rings. The largest absolute Gasteiger partial charge is 0.478 e. The van der Waals surface area contributed by atoms with Crippen LogP contribution in [0.2, 0.25) is 5.28 Å². The summed E-state index contributed by atoms with van der Waals surface area (Å²) in [6.07, 6.45) is 0. The minimum atomic E-state index is -5.45. The van der Waals surface area contributed by atoms with Crippen LogP contribution in [0.3, 0.4) is 0 Å². The highest BCUT2D eigenvalue weighted by molar-refractivity contribution is 7.87. The molecule has 5 aromatic carbocycles. The van der Waals surface area contributed by atoms with Crippen molar-refractivity contribution in [1.82, 2.24) is 19.5 Å². The number of nitrogens with one attached hydrogen (secondary N) is 2. The van der Waals surface area contributed by atoms with Gasteiger partial charge in [0.25, 0.3) is 35.9 Å². The van der Waals surface area contributed by atoms with Crippen LogP contribution in [0.15, 0.2) is 110 Å². The second kappa shape index (κ2) is 16.7. The zero-order valence-corrected chi connectivity index (χ0v) is 36.9. The van der Waals surface area contributed by atoms with Crippen LogP contribution < -0.4 is 20.9 Å². The number of nitrogens with zero attached hydrogens (tertiary/aromatic N) is 4. The van der Waals surface area contributed by atoms with Gasteiger partial charge in [0.1, 0.15) is 15.5 Å². The van der Waals surface area contributed by atoms with Crippen LogP contribution in [-0.2, 0) is 37.4 Å². The molecule has 0 spiro atoms. The number of hydrogen-bond donors (Lipinski definition) is 7. The lowest BCUT2D eigenvalue weighted by molar-refractivity contribution is 0.0695. The quantitative estimate of drug-likeness (QED) is 0.0573. The summed E-state index contributed by atoms with van der Waals surface area (Å²) in [7, 11) is -14.4. The molecular weight excluding hydrogens is 980 g/mol. The maximum atomic E-state index is 14.6. The van der Waals surface area contributed by atoms with Gasteiger partial charge in [-0.1, -0.05) is 36.4 Å². The smallest absolute Gasteiger partial charge is 0.335 e. The van der Waals surface area contributed by atoms with Gasteiger partial charge in [-0.05, 0) is 71.8 Å². The number of ketones is 2. The Morgan fingerprint density at radius 3 is 1.87 bits per heavy atom. The van der Waals surface area contributed by atoms with Crippen molar-refractivity contribution >= 4 is 99.4 Å². The Balaban J connectivity index is 1.31. The molecule has 1 aliphatic carbocycles. The fourth-order valence-electron chi connectivity index (χ4n) is 7.32. The molecule has 0 unspecified atom stereocenters. The molecular formula is C41H25ClN6O17S3. The van der Waals surface area contributed by atoms with Gasteiger partial charge in [0.2, 0.25) is 11.2 Å². The van der Waals surface area contributed by atoms with E-state index >= 15 is 0 Å². The molecule has 2 heterocycles. The summed E-state index contributed by atoms with van der Waals surface area (Å²) >= 11 is 6.09. The number of rotatable bonds is 13. The molecule has 0 amide bonds. The average Bonchev–Trinajstić information content (AvgIpc) is 3.25. The number of carboxylic acids is 2. The van der Waals surface area contributed by atoms with Crippen LogP contribution in [0.5, 0.6) is 11.8 Å². The molecule has 7 aromatic rings. The summed E-state index contributed by atoms with van der Waals surface area (Å²) in [5.74, 6) is -5.91. The second-order valence-corrected chi connectivity index (χ2v) is 19.0. The maximum absolute atomic E-state index is 14.6. The van der Waals surface area contributed by atoms with Gasteiger partial charge in [-0.25, -0.2) is 9.59 Å². The Bertz CT molecular complexity index is 3830. The van der Waals surface area contributed by atoms with Crippen molar-refractivity contribution in [2.45, 2.75) is 14.7 Å². The van der Waals surface area contributed by atoms with Crippen molar-refractivity contribution < 1.29 is 73.0 Å². The number of carbonyl (C=O) groups excluding carboxylic acids is 2. The predicted molar refractivity (Wildman–Crippen MR) is 236 cm³/mol. The molecule has 0 radical (unpaired) electrons. The highest BCUT2D eigenvalue weighted by Gasteiger charge is 2.35. The van der Waals surface area contributed by atoms with Crippen LogP contribution in [-0.4, -0.2) is 92.1 Å². The molecule has 0 fully saturated rings. The molecule has 23 nitrogen and oxygen atoms in total. The summed E-state index contributed by atoms with van der Waals surface area (Å²) in [5.41, 5.74) is -4.76. The number of carbonyl (C=O) groups is 4. The van der Waals surface area contributed by atoms with Gasteiger partial charge in [-0.15, -0.1) is 0 Å². The van der Waals surface area contributed by atoms with Crippen LogP contribution in [0, 0.1) is 0 Å². The maximum Gasteiger partial charge on any atom is 0.335 e. The Labute approximate surface area is 385 Å². The lowest BCUT2D eigenvalue weighted by atomic mass is 9.80. The normalized spacial score (nSPS) is 12.3. The molecule has 7 N–H and O–H groups in total. The summed E-state index contributed by atoms with van der Waals surface area (Å²) < 4.78 is 112. The fourth-order valence-corrected chi connectivity index (χ4v) is 9.38. The summed E-state index contributed by atoms with van der Waals surface area (Å²) in [4.78, 5) is 74.8. The third-order valence-corrected chi connectivity index (χ3v) is 13.0. The number of aromatic nitrogens is 4. The number of pyridine rings is 1. The highest BCUT2D eigenvalue weighted by atomic mass is 35.5. The summed E-state index contributed by atoms with van der Waals surface area (Å²) in [6, 6.07) is 15.6. The molecule has 27 heteroatoms. The number of hydrogen-bond acceptors (Lipinski definition) is 17. The van der Waals surface area contributed by atoms with Gasteiger partial charge in [-0.3, -0.25) is 28.0 Å². The molecule has 0 saturated heterocycles. The van der Waals surface area contributed by atoms with E-state index in [1.54, 1.807) is 0 Å². The molecule has 2 aromatic heterocycles. The number of ether oxygens (including phenoxy) is 1. The van der Waals surface area contributed by atoms with E-state index in [9.17, 15) is 73.1 Å². The molecule has 0 aliphatic heterocycles. The van der Waals surface area contributed by atoms with Gasteiger partial charge in [0.15, 0.2) is 11.6 Å². The highest BCUT2D eigenvalue weighted by Crippen LogP contribution is 2.45. The van der Waals surface area contributed by atoms with Crippen molar-refractivity contribution in [2.24, 2.45) is 7.05 Å². The monoisotopic (exact) mass is 1000 g/mol. The second-order valence-electron chi connectivity index (χ2n) is 14.4. The van der Waals surface area contributed by atoms with Crippen molar-refractivity contribution in [2.75, 3.05) is 10.6 Å². The Morgan fingerprint density at radius 1 is 0.647 bits per heavy atom. The Hall–Kier alpha value is -7.98. The molecule has 346 valence electrons. The van der Waals surface area contributed by atoms with Gasteiger partial charge in [0.05, 0.1) is 49.7 Å². The predicted octanol–water partition coefficient (Wildman–Crippen LogP) is 5.24. The zero-order chi connectivity index (χ0) is 49.4. The first-order valence-electron chi connectivity index (χ1n) is 18.7. The van der Waals surface area contributed by atoms with E-state index in [1.165, 1.54) is 49.5 Å². The Morgan fingerprint density at radius 2 is 1.26 bits per heavy atom. The number of fused-ring (bicyclic) bond motifs is 2. The number of anilines is 4. The van der Waals surface area contributed by atoms with Crippen molar-refractivity contribution in [3.63, 3.8) is 0 Å². The van der Waals surface area contributed by atoms with Crippen LogP contribution in [0.1, 0.15) is 52.6 Å². The van der Waals surface area contributed by atoms with Crippen LogP contribution in [0.25, 0.3) is 22.0 Å². The number of carboxylic acid groups (broad SMARTS) is 2. The average molecular weight is 1010 g/mol. The van der Waals surface area contributed by atoms with E-state index < -0.39 is 125 Å². The van der Waals surface area contributed by atoms with Gasteiger partial charge in [-0.2, -0.15) is 40.2 Å². The summed E-state index contributed by atoms with van der Waals surface area (Å²) in [5, 5.41) is 23.3. The third kappa shape index (κ3) is 8.61. The van der Waals surface area contributed by atoms with E-state index in [0.717, 1.165) is 47.0 Å². The molecule has 68 heavy (non-hydrogen) atoms. The standard InChI is InChI=1S/C41H25ClN6O17S3/c1-48-27-10-9-24(31-32(27)30(22-7-2-3-8-23(22)35(31)50)33(36(48)51)34(49)17-5-4-6-21(14-17)66(56,57)58)43-25-15-26(29(68(62,63)64)16-28(25)67(59,60)61)44-40-45-39(42)46-41(47-40)65-20-12-18(37(52)53)11-19(13-20)38(54)55/h2-16,43H,1H3,(H,52,53)(H,54,55)(H,56,57,58)(H,59,60,61)(H,62,63,64)(H,44,45,46,47). The van der Waals surface area contributed by atoms with Crippen LogP contribution in [0.4, 0.5) is 23.0 Å². The topological polar surface area (TPSA) is 366 Å². The van der Waals surface area contributed by atoms with Gasteiger partial charge in [0, 0.05) is 29.1 Å². The number of halogens is 1. The first kappa shape index (κ1) is 46.5. The Kier molecular flexibility index (Phi) is 11.4. The van der Waals surface area contributed by atoms with Gasteiger partial charge < -0.3 is 30.2 Å². The van der Waals surface area contributed by atoms with E-state index in [2.05, 4.69) is 25.6 Å². The van der Waals surface area contributed by atoms with Gasteiger partial charge >= 0.3 is 17.9 Å². The van der Waals surface area contributed by atoms with Crippen LogP contribution >= 0.6 is 11.6 Å². The minimum Gasteiger partial charge on any atom is -0.478 e. The minimum absolute atomic E-state index is 0.0480. The molecule has 0 saturated carbocycles. The first-order chi connectivity index (χ1) is 31.8. The first-order valence-corrected chi connectivity index (χ1v) is 23.4. The lowest BCUT2D eigenvalue weighted by Crippen LogP contribution is -2.29. The number of aryl methyl sites for hydroxylation is 1. The summed E-state index contributed by atoms with van der Waals surface area (Å²) in [6.45, 7) is 0. The fraction of sp³-hybridized carbons (Fsp3) is 0.0244. The van der Waals surface area contributed by atoms with E-state index in [1.807, 2.05) is 0 Å². The van der Waals surface area contributed by atoms with Crippen molar-refractivity contribution in [3.05, 3.63) is 140 Å². The number of benzene rings is 5. The van der Waals surface area contributed by atoms with Crippen molar-refractivity contribution in [1.29, 1.82) is 0 Å². The zero-order valence-electron chi connectivity index (χ0n) is 33.7.